The summed E-state index contributed by atoms with van der Waals surface area (Å²) in [5.41, 5.74) is 0. The van der Waals surface area contributed by atoms with E-state index in [4.69, 9.17) is 0 Å². The summed E-state index contributed by atoms with van der Waals surface area (Å²) >= 11 is 0. The molecule has 0 aromatic rings. The Hall–Kier alpha value is -0.0400. The van der Waals surface area contributed by atoms with Gasteiger partial charge < -0.3 is 4.48 Å². The Kier molecular flexibility index (Phi) is 23.1. The normalized spacial score (nSPS) is 13.1. The second-order valence-electron chi connectivity index (χ2n) is 11.2. The van der Waals surface area contributed by atoms with Crippen LogP contribution in [0.15, 0.2) is 0 Å². The molecule has 0 amide bonds. The minimum atomic E-state index is 0.821. The van der Waals surface area contributed by atoms with E-state index in [-0.39, 0.29) is 0 Å². The van der Waals surface area contributed by atoms with E-state index in [1.165, 1.54) is 159 Å². The summed E-state index contributed by atoms with van der Waals surface area (Å²) in [5.74, 6) is 0. The monoisotopic (exact) mass is 439 g/mol. The standard InChI is InChI=1S/C30H64N/c1-6-8-10-12-14-16-18-19-21-23-25-27-29-31(4,5)30(3)28-26-24-22-20-17-15-13-11-9-7-2/h30H,6-29H2,1-5H3/q+1. The fourth-order valence-electron chi connectivity index (χ4n) is 4.86. The van der Waals surface area contributed by atoms with Crippen LogP contribution in [0, 0.1) is 0 Å². The second kappa shape index (κ2) is 23.1. The van der Waals surface area contributed by atoms with Crippen LogP contribution >= 0.6 is 0 Å². The summed E-state index contributed by atoms with van der Waals surface area (Å²) in [6.07, 6.45) is 33.4. The Morgan fingerprint density at radius 2 is 0.710 bits per heavy atom. The van der Waals surface area contributed by atoms with Gasteiger partial charge in [0.1, 0.15) is 0 Å². The molecule has 0 saturated heterocycles. The number of unbranched alkanes of at least 4 members (excludes halogenated alkanes) is 20. The van der Waals surface area contributed by atoms with Crippen molar-refractivity contribution >= 4 is 0 Å². The molecule has 0 N–H and O–H groups in total. The van der Waals surface area contributed by atoms with E-state index in [9.17, 15) is 0 Å². The highest BCUT2D eigenvalue weighted by Crippen LogP contribution is 2.18. The fraction of sp³-hybridized carbons (Fsp3) is 1.00. The molecule has 1 heteroatoms. The molecule has 0 bridgehead atoms. The van der Waals surface area contributed by atoms with Crippen molar-refractivity contribution in [3.8, 4) is 0 Å². The Morgan fingerprint density at radius 1 is 0.419 bits per heavy atom. The first-order chi connectivity index (χ1) is 15.0. The van der Waals surface area contributed by atoms with E-state index < -0.39 is 0 Å². The first kappa shape index (κ1) is 31.0. The molecule has 0 aliphatic rings. The van der Waals surface area contributed by atoms with Crippen LogP contribution in [0.25, 0.3) is 0 Å². The van der Waals surface area contributed by atoms with E-state index in [1.807, 2.05) is 0 Å². The smallest absolute Gasteiger partial charge is 0.0857 e. The number of nitrogens with zero attached hydrogens (tertiary/aromatic N) is 1. The van der Waals surface area contributed by atoms with Gasteiger partial charge in [0, 0.05) is 0 Å². The maximum atomic E-state index is 2.49. The fourth-order valence-corrected chi connectivity index (χ4v) is 4.86. The average molecular weight is 439 g/mol. The molecule has 1 unspecified atom stereocenters. The molecule has 0 aromatic heterocycles. The molecule has 0 fully saturated rings. The quantitative estimate of drug-likeness (QED) is 0.0981. The van der Waals surface area contributed by atoms with Gasteiger partial charge >= 0.3 is 0 Å². The first-order valence-electron chi connectivity index (χ1n) is 14.9. The Labute approximate surface area is 199 Å². The van der Waals surface area contributed by atoms with Crippen LogP contribution in [-0.2, 0) is 0 Å². The van der Waals surface area contributed by atoms with Crippen molar-refractivity contribution in [3.05, 3.63) is 0 Å². The largest absolute Gasteiger partial charge is 0.326 e. The molecule has 188 valence electrons. The van der Waals surface area contributed by atoms with Crippen molar-refractivity contribution in [2.45, 2.75) is 174 Å². The van der Waals surface area contributed by atoms with Gasteiger partial charge in [0.25, 0.3) is 0 Å². The van der Waals surface area contributed by atoms with Crippen LogP contribution in [0.4, 0.5) is 0 Å². The molecule has 0 saturated carbocycles. The van der Waals surface area contributed by atoms with Crippen molar-refractivity contribution in [3.63, 3.8) is 0 Å². The zero-order chi connectivity index (χ0) is 23.0. The van der Waals surface area contributed by atoms with Crippen LogP contribution in [0.2, 0.25) is 0 Å². The third kappa shape index (κ3) is 21.6. The van der Waals surface area contributed by atoms with E-state index in [0.717, 1.165) is 6.04 Å². The summed E-state index contributed by atoms with van der Waals surface area (Å²) in [4.78, 5) is 0. The Balaban J connectivity index is 3.47. The predicted octanol–water partition coefficient (Wildman–Crippen LogP) is 10.5. The maximum Gasteiger partial charge on any atom is 0.0857 e. The lowest BCUT2D eigenvalue weighted by molar-refractivity contribution is -0.913. The van der Waals surface area contributed by atoms with Gasteiger partial charge in [-0.05, 0) is 32.6 Å². The summed E-state index contributed by atoms with van der Waals surface area (Å²) in [7, 11) is 4.94. The van der Waals surface area contributed by atoms with Crippen molar-refractivity contribution in [1.82, 2.24) is 0 Å². The van der Waals surface area contributed by atoms with Gasteiger partial charge in [-0.2, -0.15) is 0 Å². The van der Waals surface area contributed by atoms with E-state index in [0.29, 0.717) is 0 Å². The van der Waals surface area contributed by atoms with E-state index >= 15 is 0 Å². The van der Waals surface area contributed by atoms with Crippen LogP contribution in [0.5, 0.6) is 0 Å². The van der Waals surface area contributed by atoms with Crippen LogP contribution in [-0.4, -0.2) is 31.2 Å². The van der Waals surface area contributed by atoms with Gasteiger partial charge in [-0.15, -0.1) is 0 Å². The number of hydrogen-bond acceptors (Lipinski definition) is 0. The van der Waals surface area contributed by atoms with Gasteiger partial charge in [0.15, 0.2) is 0 Å². The number of quaternary nitrogens is 1. The average Bonchev–Trinajstić information content (AvgIpc) is 2.75. The molecule has 1 atom stereocenters. The van der Waals surface area contributed by atoms with Crippen LogP contribution in [0.3, 0.4) is 0 Å². The van der Waals surface area contributed by atoms with Crippen LogP contribution < -0.4 is 0 Å². The highest BCUT2D eigenvalue weighted by atomic mass is 15.3. The van der Waals surface area contributed by atoms with E-state index in [1.54, 1.807) is 0 Å². The maximum absolute atomic E-state index is 2.49. The number of hydrogen-bond donors (Lipinski definition) is 0. The first-order valence-corrected chi connectivity index (χ1v) is 14.9. The summed E-state index contributed by atoms with van der Waals surface area (Å²) < 4.78 is 1.23. The zero-order valence-electron chi connectivity index (χ0n) is 23.0. The van der Waals surface area contributed by atoms with Gasteiger partial charge in [0.2, 0.25) is 0 Å². The zero-order valence-corrected chi connectivity index (χ0v) is 23.0. The molecule has 0 aliphatic carbocycles. The highest BCUT2D eigenvalue weighted by molar-refractivity contribution is 4.55. The van der Waals surface area contributed by atoms with Crippen molar-refractivity contribution in [2.75, 3.05) is 20.6 Å². The molecule has 0 aliphatic heterocycles. The summed E-state index contributed by atoms with van der Waals surface area (Å²) in [5, 5.41) is 0. The van der Waals surface area contributed by atoms with Crippen molar-refractivity contribution < 1.29 is 4.48 Å². The lowest BCUT2D eigenvalue weighted by Crippen LogP contribution is -2.47. The number of rotatable bonds is 25. The lowest BCUT2D eigenvalue weighted by Gasteiger charge is -2.36. The van der Waals surface area contributed by atoms with E-state index in [2.05, 4.69) is 34.9 Å². The van der Waals surface area contributed by atoms with Gasteiger partial charge in [-0.25, -0.2) is 0 Å². The minimum Gasteiger partial charge on any atom is -0.326 e. The molecular formula is C30H64N+. The molecule has 0 radical (unpaired) electrons. The second-order valence-corrected chi connectivity index (χ2v) is 11.2. The molecule has 0 heterocycles. The molecule has 31 heavy (non-hydrogen) atoms. The SMILES string of the molecule is CCCCCCCCCCCCCC[N+](C)(C)C(C)CCCCCCCCCCCC. The molecular weight excluding hydrogens is 374 g/mol. The van der Waals surface area contributed by atoms with Crippen molar-refractivity contribution in [1.29, 1.82) is 0 Å². The van der Waals surface area contributed by atoms with Crippen LogP contribution in [0.1, 0.15) is 168 Å². The summed E-state index contributed by atoms with van der Waals surface area (Å²) in [6, 6.07) is 0.821. The minimum absolute atomic E-state index is 0.821. The molecule has 1 nitrogen and oxygen atoms in total. The topological polar surface area (TPSA) is 0 Å². The Bertz CT molecular complexity index is 335. The van der Waals surface area contributed by atoms with Gasteiger partial charge in [0.05, 0.1) is 26.7 Å². The third-order valence-electron chi connectivity index (χ3n) is 7.76. The highest BCUT2D eigenvalue weighted by Gasteiger charge is 2.22. The van der Waals surface area contributed by atoms with Gasteiger partial charge in [-0.1, -0.05) is 136 Å². The summed E-state index contributed by atoms with van der Waals surface area (Å²) in [6.45, 7) is 8.48. The molecule has 0 spiro atoms. The molecule has 0 aromatic carbocycles. The Morgan fingerprint density at radius 3 is 1.06 bits per heavy atom. The predicted molar refractivity (Wildman–Crippen MR) is 144 cm³/mol. The lowest BCUT2D eigenvalue weighted by atomic mass is 10.0. The molecule has 0 rings (SSSR count). The van der Waals surface area contributed by atoms with Gasteiger partial charge in [-0.3, -0.25) is 0 Å². The third-order valence-corrected chi connectivity index (χ3v) is 7.76. The van der Waals surface area contributed by atoms with Crippen molar-refractivity contribution in [2.24, 2.45) is 0 Å².